The highest BCUT2D eigenvalue weighted by molar-refractivity contribution is 6.01. The van der Waals surface area contributed by atoms with E-state index in [2.05, 4.69) is 36.1 Å². The van der Waals surface area contributed by atoms with Gasteiger partial charge in [0.25, 0.3) is 0 Å². The third kappa shape index (κ3) is 3.55. The minimum absolute atomic E-state index is 0.0828. The van der Waals surface area contributed by atoms with Crippen LogP contribution in [0, 0.1) is 0 Å². The third-order valence-electron chi connectivity index (χ3n) is 4.68. The summed E-state index contributed by atoms with van der Waals surface area (Å²) in [6.07, 6.45) is 3.41. The van der Waals surface area contributed by atoms with Crippen molar-refractivity contribution in [1.29, 1.82) is 0 Å². The van der Waals surface area contributed by atoms with Crippen LogP contribution in [0.15, 0.2) is 24.3 Å². The molecule has 1 heterocycles. The van der Waals surface area contributed by atoms with Crippen LogP contribution in [-0.2, 0) is 17.8 Å². The lowest BCUT2D eigenvalue weighted by molar-refractivity contribution is -0.125. The Hall–Kier alpha value is -1.88. The summed E-state index contributed by atoms with van der Waals surface area (Å²) in [6, 6.07) is 9.07. The Kier molecular flexibility index (Phi) is 4.66. The van der Waals surface area contributed by atoms with Crippen LogP contribution in [0.3, 0.4) is 0 Å². The molecule has 1 saturated heterocycles. The Labute approximate surface area is 137 Å². The predicted molar refractivity (Wildman–Crippen MR) is 88.7 cm³/mol. The van der Waals surface area contributed by atoms with Gasteiger partial charge in [0.05, 0.1) is 6.67 Å². The van der Waals surface area contributed by atoms with Gasteiger partial charge in [0.1, 0.15) is 6.54 Å². The number of carbonyl (C=O) groups excluding carboxylic acids is 2. The van der Waals surface area contributed by atoms with Crippen molar-refractivity contribution < 1.29 is 9.59 Å². The quantitative estimate of drug-likeness (QED) is 0.726. The topological polar surface area (TPSA) is 43.9 Å². The zero-order valence-corrected chi connectivity index (χ0v) is 14.0. The minimum atomic E-state index is -0.149. The summed E-state index contributed by atoms with van der Waals surface area (Å²) >= 11 is 0. The number of amides is 3. The smallest absolute Gasteiger partial charge is 0.302 e. The Morgan fingerprint density at radius 1 is 1.09 bits per heavy atom. The fourth-order valence-corrected chi connectivity index (χ4v) is 3.08. The Morgan fingerprint density at radius 2 is 1.74 bits per heavy atom. The van der Waals surface area contributed by atoms with Crippen LogP contribution in [-0.4, -0.2) is 52.4 Å². The molecule has 0 bridgehead atoms. The molecule has 2 fully saturated rings. The summed E-state index contributed by atoms with van der Waals surface area (Å²) in [7, 11) is 0. The fraction of sp³-hybridized carbons (Fsp3) is 0.556. The van der Waals surface area contributed by atoms with Gasteiger partial charge in [-0.05, 0) is 37.3 Å². The first-order valence-electron chi connectivity index (χ1n) is 8.53. The van der Waals surface area contributed by atoms with Gasteiger partial charge >= 0.3 is 6.03 Å². The van der Waals surface area contributed by atoms with Crippen molar-refractivity contribution in [2.75, 3.05) is 19.8 Å². The number of benzene rings is 1. The molecule has 1 aromatic carbocycles. The lowest BCUT2D eigenvalue weighted by atomic mass is 10.1. The van der Waals surface area contributed by atoms with E-state index in [0.717, 1.165) is 13.0 Å². The number of aryl methyl sites for hydroxylation is 1. The molecule has 0 unspecified atom stereocenters. The lowest BCUT2D eigenvalue weighted by Gasteiger charge is -2.27. The van der Waals surface area contributed by atoms with E-state index >= 15 is 0 Å². The Morgan fingerprint density at radius 3 is 2.26 bits per heavy atom. The molecule has 0 spiro atoms. The summed E-state index contributed by atoms with van der Waals surface area (Å²) < 4.78 is 0. The van der Waals surface area contributed by atoms with E-state index < -0.39 is 0 Å². The summed E-state index contributed by atoms with van der Waals surface area (Å²) in [5.41, 5.74) is 2.60. The van der Waals surface area contributed by atoms with Crippen molar-refractivity contribution in [2.45, 2.75) is 45.7 Å². The monoisotopic (exact) mass is 315 g/mol. The molecule has 1 aliphatic carbocycles. The third-order valence-corrected chi connectivity index (χ3v) is 4.68. The summed E-state index contributed by atoms with van der Waals surface area (Å²) in [5.74, 6) is -0.0828. The van der Waals surface area contributed by atoms with Crippen molar-refractivity contribution in [1.82, 2.24) is 14.7 Å². The van der Waals surface area contributed by atoms with Crippen LogP contribution >= 0.6 is 0 Å². The summed E-state index contributed by atoms with van der Waals surface area (Å²) in [5, 5.41) is 0. The van der Waals surface area contributed by atoms with E-state index in [-0.39, 0.29) is 18.5 Å². The maximum absolute atomic E-state index is 12.3. The first-order valence-corrected chi connectivity index (χ1v) is 8.53. The van der Waals surface area contributed by atoms with Crippen molar-refractivity contribution in [3.05, 3.63) is 35.4 Å². The number of hydrogen-bond acceptors (Lipinski definition) is 3. The van der Waals surface area contributed by atoms with Gasteiger partial charge in [-0.2, -0.15) is 0 Å². The van der Waals surface area contributed by atoms with Crippen LogP contribution in [0.2, 0.25) is 0 Å². The van der Waals surface area contributed by atoms with E-state index in [1.807, 2.05) is 6.92 Å². The molecule has 0 radical (unpaired) electrons. The minimum Gasteiger partial charge on any atom is -0.302 e. The number of nitrogens with zero attached hydrogens (tertiary/aromatic N) is 3. The molecule has 23 heavy (non-hydrogen) atoms. The molecule has 1 aliphatic heterocycles. The lowest BCUT2D eigenvalue weighted by Crippen LogP contribution is -2.41. The SMILES string of the molecule is CCc1ccc(CN(CN2CC(=O)N(CC)C2=O)C2CC2)cc1. The fourth-order valence-electron chi connectivity index (χ4n) is 3.08. The van der Waals surface area contributed by atoms with Gasteiger partial charge in [-0.1, -0.05) is 31.2 Å². The average molecular weight is 315 g/mol. The highest BCUT2D eigenvalue weighted by atomic mass is 16.2. The highest BCUT2D eigenvalue weighted by Crippen LogP contribution is 2.29. The summed E-state index contributed by atoms with van der Waals surface area (Å²) in [6.45, 7) is 6.04. The predicted octanol–water partition coefficient (Wildman–Crippen LogP) is 2.46. The maximum Gasteiger partial charge on any atom is 0.328 e. The number of imide groups is 1. The van der Waals surface area contributed by atoms with Gasteiger partial charge in [0.15, 0.2) is 0 Å². The average Bonchev–Trinajstić information content (AvgIpc) is 3.35. The molecule has 5 heteroatoms. The molecule has 5 nitrogen and oxygen atoms in total. The van der Waals surface area contributed by atoms with Crippen LogP contribution in [0.5, 0.6) is 0 Å². The second-order valence-corrected chi connectivity index (χ2v) is 6.41. The van der Waals surface area contributed by atoms with Gasteiger partial charge in [-0.25, -0.2) is 4.79 Å². The molecular weight excluding hydrogens is 290 g/mol. The van der Waals surface area contributed by atoms with Gasteiger partial charge in [-0.3, -0.25) is 14.6 Å². The highest BCUT2D eigenvalue weighted by Gasteiger charge is 2.38. The molecule has 124 valence electrons. The molecule has 1 saturated carbocycles. The zero-order chi connectivity index (χ0) is 16.4. The van der Waals surface area contributed by atoms with Gasteiger partial charge in [0.2, 0.25) is 5.91 Å². The van der Waals surface area contributed by atoms with E-state index in [4.69, 9.17) is 0 Å². The molecule has 3 rings (SSSR count). The normalized spacial score (nSPS) is 18.4. The molecule has 0 N–H and O–H groups in total. The number of hydrogen-bond donors (Lipinski definition) is 0. The number of urea groups is 1. The first kappa shape index (κ1) is 16.0. The van der Waals surface area contributed by atoms with Crippen molar-refractivity contribution in [3.8, 4) is 0 Å². The van der Waals surface area contributed by atoms with Crippen LogP contribution < -0.4 is 0 Å². The Balaban J connectivity index is 1.65. The molecule has 3 amide bonds. The molecule has 1 aromatic rings. The maximum atomic E-state index is 12.3. The zero-order valence-electron chi connectivity index (χ0n) is 14.0. The Bertz CT molecular complexity index is 580. The summed E-state index contributed by atoms with van der Waals surface area (Å²) in [4.78, 5) is 29.5. The molecule has 0 atom stereocenters. The van der Waals surface area contributed by atoms with Crippen LogP contribution in [0.4, 0.5) is 4.79 Å². The van der Waals surface area contributed by atoms with E-state index in [9.17, 15) is 9.59 Å². The number of carbonyl (C=O) groups is 2. The molecule has 0 aromatic heterocycles. The first-order chi connectivity index (χ1) is 11.1. The number of rotatable bonds is 7. The second kappa shape index (κ2) is 6.71. The largest absolute Gasteiger partial charge is 0.328 e. The molecular formula is C18H25N3O2. The van der Waals surface area contributed by atoms with Crippen molar-refractivity contribution >= 4 is 11.9 Å². The van der Waals surface area contributed by atoms with Crippen LogP contribution in [0.25, 0.3) is 0 Å². The van der Waals surface area contributed by atoms with Gasteiger partial charge < -0.3 is 4.90 Å². The standard InChI is InChI=1S/C18H25N3O2/c1-3-14-5-7-15(8-6-14)11-19(16-9-10-16)13-20-12-17(22)21(4-2)18(20)23/h5-8,16H,3-4,9-13H2,1-2H3. The second-order valence-electron chi connectivity index (χ2n) is 6.41. The van der Waals surface area contributed by atoms with Gasteiger partial charge in [-0.15, -0.1) is 0 Å². The van der Waals surface area contributed by atoms with Crippen molar-refractivity contribution in [2.24, 2.45) is 0 Å². The van der Waals surface area contributed by atoms with E-state index in [1.165, 1.54) is 28.9 Å². The number of likely N-dealkylation sites (N-methyl/N-ethyl adjacent to an activating group) is 1. The van der Waals surface area contributed by atoms with E-state index in [1.54, 1.807) is 4.90 Å². The van der Waals surface area contributed by atoms with E-state index in [0.29, 0.717) is 19.3 Å². The van der Waals surface area contributed by atoms with Gasteiger partial charge in [0, 0.05) is 19.1 Å². The van der Waals surface area contributed by atoms with Crippen LogP contribution in [0.1, 0.15) is 37.8 Å². The van der Waals surface area contributed by atoms with Crippen molar-refractivity contribution in [3.63, 3.8) is 0 Å². The molecule has 2 aliphatic rings.